The van der Waals surface area contributed by atoms with Crippen LogP contribution in [0.4, 0.5) is 22.0 Å². The summed E-state index contributed by atoms with van der Waals surface area (Å²) in [6.07, 6.45) is -8.36. The van der Waals surface area contributed by atoms with Gasteiger partial charge in [0.15, 0.2) is 17.2 Å². The number of pyridine rings is 1. The van der Waals surface area contributed by atoms with Gasteiger partial charge in [-0.1, -0.05) is 0 Å². The number of hydrogen-bond acceptors (Lipinski definition) is 5. The Labute approximate surface area is 109 Å². The summed E-state index contributed by atoms with van der Waals surface area (Å²) in [6.45, 7) is 0. The molecule has 20 heavy (non-hydrogen) atoms. The highest BCUT2D eigenvalue weighted by atomic mass is 19.4. The minimum Gasteiger partial charge on any atom is -0.491 e. The number of hydrogen-bond donors (Lipinski definition) is 0. The second-order valence-corrected chi connectivity index (χ2v) is 3.27. The van der Waals surface area contributed by atoms with Crippen LogP contribution in [0.25, 0.3) is 0 Å². The van der Waals surface area contributed by atoms with E-state index in [0.717, 1.165) is 14.2 Å². The minimum atomic E-state index is -5.15. The van der Waals surface area contributed by atoms with Crippen molar-refractivity contribution >= 4 is 5.97 Å². The van der Waals surface area contributed by atoms with Crippen molar-refractivity contribution in [3.63, 3.8) is 0 Å². The lowest BCUT2D eigenvalue weighted by molar-refractivity contribution is -0.275. The van der Waals surface area contributed by atoms with Gasteiger partial charge in [0, 0.05) is 6.07 Å². The van der Waals surface area contributed by atoms with Gasteiger partial charge < -0.3 is 14.2 Å². The second kappa shape index (κ2) is 5.88. The summed E-state index contributed by atoms with van der Waals surface area (Å²) in [5, 5.41) is 0. The van der Waals surface area contributed by atoms with Crippen LogP contribution in [-0.2, 0) is 4.74 Å². The first-order valence-corrected chi connectivity index (χ1v) is 4.90. The number of carbonyl (C=O) groups excluding carboxylic acids is 1. The summed E-state index contributed by atoms with van der Waals surface area (Å²) >= 11 is 0. The average molecular weight is 301 g/mol. The van der Waals surface area contributed by atoms with Gasteiger partial charge in [0.25, 0.3) is 6.43 Å². The number of alkyl halides is 5. The zero-order chi connectivity index (χ0) is 15.5. The first kappa shape index (κ1) is 15.9. The quantitative estimate of drug-likeness (QED) is 0.632. The van der Waals surface area contributed by atoms with Gasteiger partial charge in [-0.05, 0) is 0 Å². The van der Waals surface area contributed by atoms with E-state index in [9.17, 15) is 26.7 Å². The summed E-state index contributed by atoms with van der Waals surface area (Å²) in [6, 6.07) is 0.337. The van der Waals surface area contributed by atoms with Crippen molar-refractivity contribution in [1.29, 1.82) is 0 Å². The van der Waals surface area contributed by atoms with Crippen molar-refractivity contribution in [1.82, 2.24) is 4.98 Å². The SMILES string of the molecule is COC(=O)c1nc(C(F)F)cc(OC(F)(F)F)c1OC. The van der Waals surface area contributed by atoms with Crippen LogP contribution in [0, 0.1) is 0 Å². The molecule has 0 amide bonds. The zero-order valence-corrected chi connectivity index (χ0v) is 10.1. The van der Waals surface area contributed by atoms with Crippen molar-refractivity contribution in [2.24, 2.45) is 0 Å². The molecular weight excluding hydrogens is 293 g/mol. The number of halogens is 5. The fourth-order valence-electron chi connectivity index (χ4n) is 1.27. The van der Waals surface area contributed by atoms with Crippen LogP contribution >= 0.6 is 0 Å². The highest BCUT2D eigenvalue weighted by Gasteiger charge is 2.35. The highest BCUT2D eigenvalue weighted by molar-refractivity contribution is 5.91. The lowest BCUT2D eigenvalue weighted by Crippen LogP contribution is -2.19. The molecule has 1 aromatic heterocycles. The Kier molecular flexibility index (Phi) is 4.69. The minimum absolute atomic E-state index is 0.337. The number of ether oxygens (including phenoxy) is 3. The number of methoxy groups -OCH3 is 2. The molecule has 0 atom stereocenters. The summed E-state index contributed by atoms with van der Waals surface area (Å²) in [7, 11) is 1.83. The molecule has 1 rings (SSSR count). The van der Waals surface area contributed by atoms with Gasteiger partial charge in [0.1, 0.15) is 5.69 Å². The molecule has 0 spiro atoms. The van der Waals surface area contributed by atoms with Gasteiger partial charge >= 0.3 is 12.3 Å². The molecule has 0 saturated heterocycles. The molecule has 0 N–H and O–H groups in total. The fraction of sp³-hybridized carbons (Fsp3) is 0.400. The van der Waals surface area contributed by atoms with Gasteiger partial charge in [-0.3, -0.25) is 0 Å². The van der Waals surface area contributed by atoms with Crippen molar-refractivity contribution in [2.75, 3.05) is 14.2 Å². The van der Waals surface area contributed by atoms with E-state index in [1.165, 1.54) is 0 Å². The maximum Gasteiger partial charge on any atom is 0.573 e. The van der Waals surface area contributed by atoms with Gasteiger partial charge in [-0.15, -0.1) is 13.2 Å². The molecule has 1 aromatic rings. The predicted octanol–water partition coefficient (Wildman–Crippen LogP) is 2.71. The summed E-state index contributed by atoms with van der Waals surface area (Å²) in [5.74, 6) is -3.10. The summed E-state index contributed by atoms with van der Waals surface area (Å²) in [5.41, 5.74) is -1.92. The van der Waals surface area contributed by atoms with Gasteiger partial charge in [0.05, 0.1) is 14.2 Å². The molecule has 1 heterocycles. The topological polar surface area (TPSA) is 57.7 Å². The number of nitrogens with zero attached hydrogens (tertiary/aromatic N) is 1. The number of carbonyl (C=O) groups is 1. The number of rotatable bonds is 4. The molecule has 0 aliphatic heterocycles. The van der Waals surface area contributed by atoms with E-state index in [1.807, 2.05) is 0 Å². The van der Waals surface area contributed by atoms with Crippen LogP contribution in [0.3, 0.4) is 0 Å². The van der Waals surface area contributed by atoms with E-state index in [4.69, 9.17) is 0 Å². The molecule has 0 aliphatic rings. The molecule has 0 bridgehead atoms. The molecule has 0 aromatic carbocycles. The third-order valence-electron chi connectivity index (χ3n) is 1.99. The van der Waals surface area contributed by atoms with Crippen LogP contribution in [0.15, 0.2) is 6.07 Å². The molecule has 5 nitrogen and oxygen atoms in total. The first-order valence-electron chi connectivity index (χ1n) is 4.90. The Hall–Kier alpha value is -2.13. The van der Waals surface area contributed by atoms with Crippen LogP contribution in [0.5, 0.6) is 11.5 Å². The van der Waals surface area contributed by atoms with Gasteiger partial charge in [0.2, 0.25) is 0 Å². The lowest BCUT2D eigenvalue weighted by Gasteiger charge is -2.15. The normalized spacial score (nSPS) is 11.4. The number of esters is 1. The van der Waals surface area contributed by atoms with Gasteiger partial charge in [-0.25, -0.2) is 18.6 Å². The predicted molar refractivity (Wildman–Crippen MR) is 53.8 cm³/mol. The Morgan fingerprint density at radius 3 is 2.30 bits per heavy atom. The zero-order valence-electron chi connectivity index (χ0n) is 10.1. The van der Waals surface area contributed by atoms with Crippen molar-refractivity contribution < 1.29 is 41.0 Å². The van der Waals surface area contributed by atoms with Crippen LogP contribution in [0.2, 0.25) is 0 Å². The molecule has 0 aliphatic carbocycles. The number of aromatic nitrogens is 1. The van der Waals surface area contributed by atoms with Crippen molar-refractivity contribution in [3.8, 4) is 11.5 Å². The lowest BCUT2D eigenvalue weighted by atomic mass is 10.2. The van der Waals surface area contributed by atoms with Crippen LogP contribution in [0.1, 0.15) is 22.6 Å². The van der Waals surface area contributed by atoms with Crippen molar-refractivity contribution in [3.05, 3.63) is 17.5 Å². The van der Waals surface area contributed by atoms with Crippen LogP contribution < -0.4 is 9.47 Å². The maximum atomic E-state index is 12.6. The molecule has 0 saturated carbocycles. The molecular formula is C10H8F5NO4. The molecule has 0 unspecified atom stereocenters. The van der Waals surface area contributed by atoms with E-state index in [-0.39, 0.29) is 0 Å². The Balaban J connectivity index is 3.46. The molecule has 0 fully saturated rings. The largest absolute Gasteiger partial charge is 0.573 e. The smallest absolute Gasteiger partial charge is 0.491 e. The monoisotopic (exact) mass is 301 g/mol. The average Bonchev–Trinajstić information content (AvgIpc) is 2.34. The fourth-order valence-corrected chi connectivity index (χ4v) is 1.27. The Bertz CT molecular complexity index is 503. The van der Waals surface area contributed by atoms with E-state index in [0.29, 0.717) is 6.07 Å². The van der Waals surface area contributed by atoms with Crippen molar-refractivity contribution in [2.45, 2.75) is 12.8 Å². The highest BCUT2D eigenvalue weighted by Crippen LogP contribution is 2.37. The van der Waals surface area contributed by atoms with E-state index in [2.05, 4.69) is 19.2 Å². The summed E-state index contributed by atoms with van der Waals surface area (Å²) < 4.78 is 74.1. The third kappa shape index (κ3) is 3.68. The van der Waals surface area contributed by atoms with E-state index < -0.39 is 41.6 Å². The first-order chi connectivity index (χ1) is 9.19. The third-order valence-corrected chi connectivity index (χ3v) is 1.99. The molecule has 0 radical (unpaired) electrons. The maximum absolute atomic E-state index is 12.6. The summed E-state index contributed by atoms with van der Waals surface area (Å²) in [4.78, 5) is 14.5. The van der Waals surface area contributed by atoms with Gasteiger partial charge in [-0.2, -0.15) is 0 Å². The standard InChI is InChI=1S/C10H8F5NO4/c1-18-7-5(20-10(13,14)15)3-4(8(11)12)16-6(7)9(17)19-2/h3,8H,1-2H3. The molecule has 112 valence electrons. The Morgan fingerprint density at radius 2 is 1.90 bits per heavy atom. The van der Waals surface area contributed by atoms with Crippen LogP contribution in [-0.4, -0.2) is 31.5 Å². The second-order valence-electron chi connectivity index (χ2n) is 3.27. The van der Waals surface area contributed by atoms with E-state index >= 15 is 0 Å². The Morgan fingerprint density at radius 1 is 1.30 bits per heavy atom. The van der Waals surface area contributed by atoms with E-state index in [1.54, 1.807) is 0 Å². The molecule has 10 heteroatoms.